The summed E-state index contributed by atoms with van der Waals surface area (Å²) < 4.78 is 13.6. The minimum absolute atomic E-state index is 0.110. The number of rotatable bonds is 6. The SMILES string of the molecule is COc1ccc(/C=c2\sc(=C(C#N)C#N)n(-c3c(C)cccc3C)c2=O)cc1OCc1ccccc1. The van der Waals surface area contributed by atoms with E-state index in [2.05, 4.69) is 0 Å². The Bertz CT molecular complexity index is 1650. The fourth-order valence-corrected chi connectivity index (χ4v) is 4.96. The molecule has 0 aliphatic heterocycles. The summed E-state index contributed by atoms with van der Waals surface area (Å²) >= 11 is 1.12. The van der Waals surface area contributed by atoms with Gasteiger partial charge in [-0.1, -0.05) is 54.6 Å². The Morgan fingerprint density at radius 2 is 1.67 bits per heavy atom. The first kappa shape index (κ1) is 24.5. The van der Waals surface area contributed by atoms with Crippen LogP contribution in [0.5, 0.6) is 11.5 Å². The first-order chi connectivity index (χ1) is 17.5. The number of para-hydroxylation sites is 1. The summed E-state index contributed by atoms with van der Waals surface area (Å²) in [7, 11) is 1.57. The summed E-state index contributed by atoms with van der Waals surface area (Å²) in [5.41, 5.74) is 3.77. The molecule has 178 valence electrons. The van der Waals surface area contributed by atoms with Gasteiger partial charge in [-0.25, -0.2) is 0 Å². The molecule has 7 heteroatoms. The van der Waals surface area contributed by atoms with Crippen molar-refractivity contribution >= 4 is 23.0 Å². The van der Waals surface area contributed by atoms with Crippen molar-refractivity contribution in [3.8, 4) is 29.3 Å². The number of ether oxygens (including phenoxy) is 2. The lowest BCUT2D eigenvalue weighted by Crippen LogP contribution is -2.31. The molecule has 0 spiro atoms. The molecule has 0 saturated heterocycles. The molecule has 0 bridgehead atoms. The molecule has 6 nitrogen and oxygen atoms in total. The van der Waals surface area contributed by atoms with Gasteiger partial charge in [0.1, 0.15) is 23.4 Å². The Kier molecular flexibility index (Phi) is 7.34. The number of methoxy groups -OCH3 is 1. The second-order valence-corrected chi connectivity index (χ2v) is 9.11. The van der Waals surface area contributed by atoms with Crippen LogP contribution in [0.25, 0.3) is 17.3 Å². The van der Waals surface area contributed by atoms with E-state index >= 15 is 0 Å². The van der Waals surface area contributed by atoms with Crippen molar-refractivity contribution in [3.63, 3.8) is 0 Å². The third kappa shape index (κ3) is 4.93. The molecule has 4 rings (SSSR count). The number of hydrogen-bond donors (Lipinski definition) is 0. The molecule has 0 atom stereocenters. The van der Waals surface area contributed by atoms with Gasteiger partial charge in [0.15, 0.2) is 17.1 Å². The number of aromatic nitrogens is 1. The highest BCUT2D eigenvalue weighted by atomic mass is 32.1. The van der Waals surface area contributed by atoms with Gasteiger partial charge in [-0.3, -0.25) is 9.36 Å². The average molecular weight is 494 g/mol. The predicted molar refractivity (Wildman–Crippen MR) is 141 cm³/mol. The van der Waals surface area contributed by atoms with E-state index in [0.29, 0.717) is 33.0 Å². The lowest BCUT2D eigenvalue weighted by atomic mass is 10.1. The summed E-state index contributed by atoms with van der Waals surface area (Å²) in [5.74, 6) is 1.12. The van der Waals surface area contributed by atoms with Crippen molar-refractivity contribution in [2.45, 2.75) is 20.5 Å². The molecule has 1 aromatic heterocycles. The molecule has 3 aromatic carbocycles. The molecule has 0 amide bonds. The predicted octanol–water partition coefficient (Wildman–Crippen LogP) is 4.13. The quantitative estimate of drug-likeness (QED) is 0.403. The second kappa shape index (κ2) is 10.8. The highest BCUT2D eigenvalue weighted by Crippen LogP contribution is 2.29. The lowest BCUT2D eigenvalue weighted by molar-refractivity contribution is 0.284. The van der Waals surface area contributed by atoms with Crippen LogP contribution >= 0.6 is 11.3 Å². The normalized spacial score (nSPS) is 11.0. The molecule has 0 aliphatic carbocycles. The monoisotopic (exact) mass is 493 g/mol. The van der Waals surface area contributed by atoms with E-state index in [4.69, 9.17) is 9.47 Å². The number of nitrogens with zero attached hydrogens (tertiary/aromatic N) is 3. The van der Waals surface area contributed by atoms with E-state index in [1.807, 2.05) is 86.6 Å². The number of hydrogen-bond acceptors (Lipinski definition) is 6. The van der Waals surface area contributed by atoms with Gasteiger partial charge in [0.2, 0.25) is 0 Å². The van der Waals surface area contributed by atoms with E-state index < -0.39 is 0 Å². The molecule has 0 unspecified atom stereocenters. The molecule has 36 heavy (non-hydrogen) atoms. The average Bonchev–Trinajstić information content (AvgIpc) is 3.19. The largest absolute Gasteiger partial charge is 0.493 e. The molecule has 0 saturated carbocycles. The number of aryl methyl sites for hydroxylation is 2. The smallest absolute Gasteiger partial charge is 0.273 e. The van der Waals surface area contributed by atoms with Crippen LogP contribution in [0, 0.1) is 36.5 Å². The van der Waals surface area contributed by atoms with Crippen LogP contribution in [-0.4, -0.2) is 11.7 Å². The number of benzene rings is 3. The number of thiazole rings is 1. The molecule has 0 N–H and O–H groups in total. The standard InChI is InChI=1S/C29H23N3O3S/c1-19-8-7-9-20(2)27(19)32-28(33)26(36-29(32)23(16-30)17-31)15-22-12-13-24(34-3)25(14-22)35-18-21-10-5-4-6-11-21/h4-15H,18H2,1-3H3/b26-15-. The molecule has 0 aliphatic rings. The second-order valence-electron chi connectivity index (χ2n) is 8.08. The molecule has 4 aromatic rings. The summed E-state index contributed by atoms with van der Waals surface area (Å²) in [6, 6.07) is 24.8. The molecule has 1 heterocycles. The number of nitriles is 2. The van der Waals surface area contributed by atoms with Gasteiger partial charge in [-0.2, -0.15) is 10.5 Å². The molecule has 0 fully saturated rings. The van der Waals surface area contributed by atoms with Crippen molar-refractivity contribution in [1.82, 2.24) is 4.57 Å². The van der Waals surface area contributed by atoms with Crippen molar-refractivity contribution in [3.05, 3.63) is 109 Å². The van der Waals surface area contributed by atoms with Crippen LogP contribution in [-0.2, 0) is 6.61 Å². The van der Waals surface area contributed by atoms with Gasteiger partial charge in [0.25, 0.3) is 5.56 Å². The van der Waals surface area contributed by atoms with Crippen LogP contribution in [0.2, 0.25) is 0 Å². The Hall–Kier alpha value is -4.59. The first-order valence-corrected chi connectivity index (χ1v) is 12.0. The maximum absolute atomic E-state index is 13.6. The zero-order valence-electron chi connectivity index (χ0n) is 20.1. The van der Waals surface area contributed by atoms with Crippen molar-refractivity contribution in [2.75, 3.05) is 7.11 Å². The fourth-order valence-electron chi connectivity index (χ4n) is 3.91. The van der Waals surface area contributed by atoms with Gasteiger partial charge in [0.05, 0.1) is 17.3 Å². The third-order valence-corrected chi connectivity index (χ3v) is 6.74. The third-order valence-electron chi connectivity index (χ3n) is 5.65. The molecular formula is C29H23N3O3S. The zero-order valence-corrected chi connectivity index (χ0v) is 20.9. The fraction of sp³-hybridized carbons (Fsp3) is 0.138. The summed E-state index contributed by atoms with van der Waals surface area (Å²) in [5, 5.41) is 19.1. The Balaban J connectivity index is 1.88. The van der Waals surface area contributed by atoms with E-state index in [-0.39, 0.29) is 11.1 Å². The van der Waals surface area contributed by atoms with Gasteiger partial charge in [-0.05, 0) is 54.3 Å². The summed E-state index contributed by atoms with van der Waals surface area (Å²) in [6.45, 7) is 4.17. The molecular weight excluding hydrogens is 470 g/mol. The topological polar surface area (TPSA) is 88.0 Å². The van der Waals surface area contributed by atoms with Crippen molar-refractivity contribution < 1.29 is 9.47 Å². The Morgan fingerprint density at radius 1 is 0.972 bits per heavy atom. The van der Waals surface area contributed by atoms with Crippen molar-refractivity contribution in [2.24, 2.45) is 0 Å². The van der Waals surface area contributed by atoms with E-state index in [1.54, 1.807) is 19.3 Å². The minimum Gasteiger partial charge on any atom is -0.493 e. The Labute approximate surface area is 212 Å². The van der Waals surface area contributed by atoms with Gasteiger partial charge in [0, 0.05) is 0 Å². The van der Waals surface area contributed by atoms with Gasteiger partial charge < -0.3 is 9.47 Å². The highest BCUT2D eigenvalue weighted by molar-refractivity contribution is 7.07. The first-order valence-electron chi connectivity index (χ1n) is 11.2. The van der Waals surface area contributed by atoms with Crippen molar-refractivity contribution in [1.29, 1.82) is 10.5 Å². The summed E-state index contributed by atoms with van der Waals surface area (Å²) in [4.78, 5) is 13.6. The lowest BCUT2D eigenvalue weighted by Gasteiger charge is -2.11. The van der Waals surface area contributed by atoms with E-state index in [0.717, 1.165) is 33.6 Å². The van der Waals surface area contributed by atoms with Crippen LogP contribution in [0.15, 0.2) is 71.5 Å². The van der Waals surface area contributed by atoms with E-state index in [1.165, 1.54) is 4.57 Å². The van der Waals surface area contributed by atoms with E-state index in [9.17, 15) is 15.3 Å². The maximum Gasteiger partial charge on any atom is 0.273 e. The van der Waals surface area contributed by atoms with Crippen LogP contribution in [0.3, 0.4) is 0 Å². The highest BCUT2D eigenvalue weighted by Gasteiger charge is 2.15. The minimum atomic E-state index is -0.294. The van der Waals surface area contributed by atoms with Gasteiger partial charge in [-0.15, -0.1) is 11.3 Å². The maximum atomic E-state index is 13.6. The summed E-state index contributed by atoms with van der Waals surface area (Å²) in [6.07, 6.45) is 1.74. The Morgan fingerprint density at radius 3 is 2.31 bits per heavy atom. The van der Waals surface area contributed by atoms with Crippen LogP contribution in [0.1, 0.15) is 22.3 Å². The van der Waals surface area contributed by atoms with Gasteiger partial charge >= 0.3 is 0 Å². The van der Waals surface area contributed by atoms with Crippen LogP contribution < -0.4 is 24.2 Å². The zero-order chi connectivity index (χ0) is 25.7. The molecule has 0 radical (unpaired) electrons. The van der Waals surface area contributed by atoms with Crippen LogP contribution in [0.4, 0.5) is 0 Å².